The molecule has 1 aromatic rings. The SMILES string of the molecule is CCCC1(O)CN(C(=O)c2ccc(OCC(N)=O)cc2)C1. The molecule has 0 unspecified atom stereocenters. The number of hydrogen-bond donors (Lipinski definition) is 2. The van der Waals surface area contributed by atoms with Crippen molar-refractivity contribution in [1.29, 1.82) is 0 Å². The Bertz CT molecular complexity index is 521. The topological polar surface area (TPSA) is 92.9 Å². The molecule has 0 atom stereocenters. The predicted octanol–water partition coefficient (Wildman–Crippen LogP) is 0.538. The van der Waals surface area contributed by atoms with Crippen LogP contribution in [-0.4, -0.2) is 47.1 Å². The predicted molar refractivity (Wildman–Crippen MR) is 76.9 cm³/mol. The van der Waals surface area contributed by atoms with Crippen molar-refractivity contribution in [2.45, 2.75) is 25.4 Å². The fourth-order valence-corrected chi connectivity index (χ4v) is 2.46. The Morgan fingerprint density at radius 3 is 2.48 bits per heavy atom. The van der Waals surface area contributed by atoms with Crippen molar-refractivity contribution >= 4 is 11.8 Å². The fourth-order valence-electron chi connectivity index (χ4n) is 2.46. The number of amides is 2. The molecule has 0 aromatic heterocycles. The van der Waals surface area contributed by atoms with Crippen molar-refractivity contribution in [3.05, 3.63) is 29.8 Å². The lowest BCUT2D eigenvalue weighted by Crippen LogP contribution is -2.63. The number of carbonyl (C=O) groups is 2. The summed E-state index contributed by atoms with van der Waals surface area (Å²) >= 11 is 0. The number of likely N-dealkylation sites (tertiary alicyclic amines) is 1. The van der Waals surface area contributed by atoms with Gasteiger partial charge in [-0.1, -0.05) is 13.3 Å². The molecule has 2 amide bonds. The molecule has 0 bridgehead atoms. The van der Waals surface area contributed by atoms with E-state index in [-0.39, 0.29) is 12.5 Å². The molecule has 0 radical (unpaired) electrons. The summed E-state index contributed by atoms with van der Waals surface area (Å²) in [6, 6.07) is 6.51. The molecule has 6 nitrogen and oxygen atoms in total. The summed E-state index contributed by atoms with van der Waals surface area (Å²) in [5, 5.41) is 10.1. The summed E-state index contributed by atoms with van der Waals surface area (Å²) in [4.78, 5) is 24.4. The van der Waals surface area contributed by atoms with Crippen molar-refractivity contribution in [2.75, 3.05) is 19.7 Å². The van der Waals surface area contributed by atoms with Gasteiger partial charge in [0, 0.05) is 5.56 Å². The number of nitrogens with zero attached hydrogens (tertiary/aromatic N) is 1. The first-order valence-corrected chi connectivity index (χ1v) is 6.96. The van der Waals surface area contributed by atoms with Crippen LogP contribution in [0, 0.1) is 0 Å². The van der Waals surface area contributed by atoms with Crippen LogP contribution >= 0.6 is 0 Å². The number of rotatable bonds is 6. The van der Waals surface area contributed by atoms with Crippen LogP contribution in [0.3, 0.4) is 0 Å². The molecule has 1 saturated heterocycles. The second kappa shape index (κ2) is 6.13. The van der Waals surface area contributed by atoms with Crippen LogP contribution in [-0.2, 0) is 4.79 Å². The zero-order valence-electron chi connectivity index (χ0n) is 12.0. The van der Waals surface area contributed by atoms with Gasteiger partial charge in [0.05, 0.1) is 18.7 Å². The third-order valence-electron chi connectivity index (χ3n) is 3.46. The van der Waals surface area contributed by atoms with Crippen LogP contribution in [0.4, 0.5) is 0 Å². The molecule has 1 aromatic carbocycles. The van der Waals surface area contributed by atoms with Crippen molar-refractivity contribution in [2.24, 2.45) is 5.73 Å². The summed E-state index contributed by atoms with van der Waals surface area (Å²) in [7, 11) is 0. The summed E-state index contributed by atoms with van der Waals surface area (Å²) in [6.45, 7) is 2.57. The third-order valence-corrected chi connectivity index (χ3v) is 3.46. The zero-order valence-corrected chi connectivity index (χ0v) is 12.0. The minimum Gasteiger partial charge on any atom is -0.484 e. The summed E-state index contributed by atoms with van der Waals surface area (Å²) in [5.41, 5.74) is 4.79. The van der Waals surface area contributed by atoms with E-state index in [4.69, 9.17) is 10.5 Å². The highest BCUT2D eigenvalue weighted by Crippen LogP contribution is 2.27. The van der Waals surface area contributed by atoms with Crippen molar-refractivity contribution in [3.63, 3.8) is 0 Å². The number of aliphatic hydroxyl groups is 1. The van der Waals surface area contributed by atoms with E-state index in [0.29, 0.717) is 30.8 Å². The molecular formula is C15H20N2O4. The minimum absolute atomic E-state index is 0.114. The first kappa shape index (κ1) is 15.3. The number of ether oxygens (including phenoxy) is 1. The Labute approximate surface area is 123 Å². The van der Waals surface area contributed by atoms with Crippen LogP contribution in [0.25, 0.3) is 0 Å². The summed E-state index contributed by atoms with van der Waals surface area (Å²) in [6.07, 6.45) is 1.60. The molecule has 2 rings (SSSR count). The van der Waals surface area contributed by atoms with E-state index in [0.717, 1.165) is 6.42 Å². The highest BCUT2D eigenvalue weighted by Gasteiger charge is 2.42. The maximum Gasteiger partial charge on any atom is 0.255 e. The summed E-state index contributed by atoms with van der Waals surface area (Å²) in [5.74, 6) is -0.181. The van der Waals surface area contributed by atoms with Crippen molar-refractivity contribution < 1.29 is 19.4 Å². The quantitative estimate of drug-likeness (QED) is 0.800. The zero-order chi connectivity index (χ0) is 15.5. The third kappa shape index (κ3) is 3.72. The number of primary amides is 1. The Morgan fingerprint density at radius 1 is 1.33 bits per heavy atom. The second-order valence-corrected chi connectivity index (χ2v) is 5.41. The van der Waals surface area contributed by atoms with Crippen molar-refractivity contribution in [1.82, 2.24) is 4.90 Å². The van der Waals surface area contributed by atoms with Gasteiger partial charge in [-0.05, 0) is 30.7 Å². The molecule has 1 aliphatic rings. The van der Waals surface area contributed by atoms with Gasteiger partial charge in [-0.15, -0.1) is 0 Å². The number of β-amino-alcohol motifs (C(OH)–C–C–N with tert-alkyl or cyclic N) is 1. The van der Waals surface area contributed by atoms with Gasteiger partial charge in [0.15, 0.2) is 6.61 Å². The summed E-state index contributed by atoms with van der Waals surface area (Å²) < 4.78 is 5.13. The normalized spacial score (nSPS) is 16.2. The molecule has 6 heteroatoms. The van der Waals surface area contributed by atoms with Gasteiger partial charge in [-0.25, -0.2) is 0 Å². The molecule has 1 fully saturated rings. The van der Waals surface area contributed by atoms with E-state index in [2.05, 4.69) is 0 Å². The lowest BCUT2D eigenvalue weighted by atomic mass is 9.89. The van der Waals surface area contributed by atoms with Crippen LogP contribution in [0.5, 0.6) is 5.75 Å². The molecule has 114 valence electrons. The number of nitrogens with two attached hydrogens (primary N) is 1. The maximum atomic E-state index is 12.2. The van der Waals surface area contributed by atoms with Gasteiger partial charge in [0.2, 0.25) is 0 Å². The molecule has 0 spiro atoms. The fraction of sp³-hybridized carbons (Fsp3) is 0.467. The van der Waals surface area contributed by atoms with Crippen LogP contribution < -0.4 is 10.5 Å². The highest BCUT2D eigenvalue weighted by atomic mass is 16.5. The van der Waals surface area contributed by atoms with Gasteiger partial charge in [0.25, 0.3) is 11.8 Å². The Balaban J connectivity index is 1.91. The van der Waals surface area contributed by atoms with E-state index < -0.39 is 11.5 Å². The molecule has 0 aliphatic carbocycles. The first-order chi connectivity index (χ1) is 9.93. The van der Waals surface area contributed by atoms with E-state index >= 15 is 0 Å². The van der Waals surface area contributed by atoms with Gasteiger partial charge in [-0.2, -0.15) is 0 Å². The van der Waals surface area contributed by atoms with Gasteiger partial charge in [-0.3, -0.25) is 9.59 Å². The highest BCUT2D eigenvalue weighted by molar-refractivity contribution is 5.95. The molecule has 3 N–H and O–H groups in total. The minimum atomic E-state index is -0.727. The number of benzene rings is 1. The smallest absolute Gasteiger partial charge is 0.255 e. The van der Waals surface area contributed by atoms with Gasteiger partial charge in [0.1, 0.15) is 5.75 Å². The average molecular weight is 292 g/mol. The lowest BCUT2D eigenvalue weighted by Gasteiger charge is -2.46. The van der Waals surface area contributed by atoms with E-state index in [9.17, 15) is 14.7 Å². The molecular weight excluding hydrogens is 272 g/mol. The van der Waals surface area contributed by atoms with Gasteiger partial charge < -0.3 is 20.5 Å². The Hall–Kier alpha value is -2.08. The van der Waals surface area contributed by atoms with Crippen LogP contribution in [0.1, 0.15) is 30.1 Å². The van der Waals surface area contributed by atoms with Gasteiger partial charge >= 0.3 is 0 Å². The Morgan fingerprint density at radius 2 is 1.95 bits per heavy atom. The molecule has 1 aliphatic heterocycles. The lowest BCUT2D eigenvalue weighted by molar-refractivity contribution is -0.119. The monoisotopic (exact) mass is 292 g/mol. The van der Waals surface area contributed by atoms with Crippen molar-refractivity contribution in [3.8, 4) is 5.75 Å². The number of hydrogen-bond acceptors (Lipinski definition) is 4. The molecule has 21 heavy (non-hydrogen) atoms. The van der Waals surface area contributed by atoms with Crippen LogP contribution in [0.2, 0.25) is 0 Å². The van der Waals surface area contributed by atoms with E-state index in [1.54, 1.807) is 29.2 Å². The molecule has 0 saturated carbocycles. The van der Waals surface area contributed by atoms with E-state index in [1.807, 2.05) is 6.92 Å². The number of carbonyl (C=O) groups excluding carboxylic acids is 2. The molecule has 1 heterocycles. The first-order valence-electron chi connectivity index (χ1n) is 6.96. The van der Waals surface area contributed by atoms with E-state index in [1.165, 1.54) is 0 Å². The second-order valence-electron chi connectivity index (χ2n) is 5.41. The maximum absolute atomic E-state index is 12.2. The Kier molecular flexibility index (Phi) is 4.47. The average Bonchev–Trinajstić information content (AvgIpc) is 2.42. The largest absolute Gasteiger partial charge is 0.484 e. The van der Waals surface area contributed by atoms with Crippen LogP contribution in [0.15, 0.2) is 24.3 Å². The standard InChI is InChI=1S/C15H20N2O4/c1-2-7-15(20)9-17(10-15)14(19)11-3-5-12(6-4-11)21-8-13(16)18/h3-6,20H,2,7-10H2,1H3,(H2,16,18).